The minimum Gasteiger partial charge on any atom is -0.367 e. The van der Waals surface area contributed by atoms with E-state index in [0.29, 0.717) is 0 Å². The van der Waals surface area contributed by atoms with Crippen molar-refractivity contribution in [3.05, 3.63) is 0 Å². The van der Waals surface area contributed by atoms with Crippen LogP contribution in [0.2, 0.25) is 0 Å². The largest absolute Gasteiger partial charge is 0.367 e. The zero-order valence-corrected chi connectivity index (χ0v) is 5.34. The Labute approximate surface area is 46.4 Å². The molecule has 0 radical (unpaired) electrons. The van der Waals surface area contributed by atoms with E-state index in [0.717, 1.165) is 4.55 Å². The molecule has 0 aromatic rings. The molecule has 2 nitrogen and oxygen atoms in total. The van der Waals surface area contributed by atoms with Crippen LogP contribution in [0.25, 0.3) is 0 Å². The number of nitrogens with zero attached hydrogens (tertiary/aromatic N) is 1. The first-order valence-corrected chi connectivity index (χ1v) is 4.42. The molecule has 0 aromatic carbocycles. The van der Waals surface area contributed by atoms with E-state index in [1.54, 1.807) is 6.34 Å². The third kappa shape index (κ3) is 1.04. The molecule has 0 atom stereocenters. The normalized spacial score (nSPS) is 18.7. The number of aliphatic imine (C=N–C) groups is 1. The molecule has 1 rings (SSSR count). The molecule has 1 aliphatic heterocycles. The van der Waals surface area contributed by atoms with E-state index < -0.39 is 0 Å². The number of hydrogen-bond acceptors (Lipinski definition) is 2. The predicted molar refractivity (Wildman–Crippen MR) is 36.6 cm³/mol. The summed E-state index contributed by atoms with van der Waals surface area (Å²) in [5, 5.41) is 3.01. The Balaban J connectivity index is 2.46. The highest BCUT2D eigenvalue weighted by atomic mass is 127. The summed E-state index contributed by atoms with van der Waals surface area (Å²) in [6.45, 7) is 0. The van der Waals surface area contributed by atoms with Crippen LogP contribution in [0, 0.1) is 0 Å². The molecule has 0 fully saturated rings. The van der Waals surface area contributed by atoms with Gasteiger partial charge in [0.05, 0.1) is 15.0 Å². The third-order valence-corrected chi connectivity index (χ3v) is 2.04. The number of alkyl halides is 1. The predicted octanol–water partition coefficient (Wildman–Crippen LogP) is 0.306. The molecule has 0 amide bonds. The van der Waals surface area contributed by atoms with Gasteiger partial charge in [-0.3, -0.25) is 0 Å². The monoisotopic (exact) mass is 196 g/mol. The summed E-state index contributed by atoms with van der Waals surface area (Å²) in [4.78, 5) is 3.86. The quantitative estimate of drug-likeness (QED) is 0.336. The van der Waals surface area contributed by atoms with Crippen LogP contribution >= 0.6 is 20.7 Å². The van der Waals surface area contributed by atoms with E-state index >= 15 is 0 Å². The second kappa shape index (κ2) is 2.28. The standard InChI is InChI=1S/C3H5IN2/c1-4-2-6-3-5-1/h1,3H,2H2,(H,5,6). The maximum absolute atomic E-state index is 3.86. The van der Waals surface area contributed by atoms with Gasteiger partial charge >= 0.3 is 0 Å². The highest BCUT2D eigenvalue weighted by Gasteiger charge is 1.75. The van der Waals surface area contributed by atoms with E-state index in [2.05, 4.69) is 10.3 Å². The molecular weight excluding hydrogens is 191 g/mol. The molecule has 0 spiro atoms. The van der Waals surface area contributed by atoms with Crippen LogP contribution in [-0.2, 0) is 0 Å². The molecule has 34 valence electrons. The molecule has 0 bridgehead atoms. The van der Waals surface area contributed by atoms with Crippen LogP contribution < -0.4 is 5.32 Å². The van der Waals surface area contributed by atoms with Crippen molar-refractivity contribution in [2.45, 2.75) is 0 Å². The summed E-state index contributed by atoms with van der Waals surface area (Å²) in [6.07, 6.45) is 1.74. The van der Waals surface area contributed by atoms with Crippen LogP contribution in [0.1, 0.15) is 0 Å². The smallest absolute Gasteiger partial charge is 0.0890 e. The topological polar surface area (TPSA) is 24.4 Å². The van der Waals surface area contributed by atoms with Crippen molar-refractivity contribution in [1.29, 1.82) is 0 Å². The van der Waals surface area contributed by atoms with Crippen LogP contribution in [0.5, 0.6) is 0 Å². The first kappa shape index (κ1) is 4.23. The van der Waals surface area contributed by atoms with Crippen molar-refractivity contribution in [2.75, 3.05) is 4.55 Å². The van der Waals surface area contributed by atoms with Gasteiger partial charge in [0.1, 0.15) is 0 Å². The van der Waals surface area contributed by atoms with Crippen LogP contribution in [0.4, 0.5) is 0 Å². The van der Waals surface area contributed by atoms with Gasteiger partial charge in [-0.15, -0.1) is 0 Å². The molecular formula is C3H5IN2. The molecule has 0 saturated carbocycles. The SMILES string of the molecule is C1=NC=ICN1. The lowest BCUT2D eigenvalue weighted by Crippen LogP contribution is -2.09. The highest BCUT2D eigenvalue weighted by molar-refractivity contribution is 14.2. The van der Waals surface area contributed by atoms with Gasteiger partial charge in [-0.1, -0.05) is 20.7 Å². The van der Waals surface area contributed by atoms with Crippen molar-refractivity contribution in [3.63, 3.8) is 0 Å². The van der Waals surface area contributed by atoms with E-state index in [-0.39, 0.29) is 20.7 Å². The number of nitrogens with one attached hydrogen (secondary N) is 1. The Hall–Kier alpha value is 0.0700. The van der Waals surface area contributed by atoms with E-state index in [1.807, 2.05) is 4.14 Å². The second-order valence-electron chi connectivity index (χ2n) is 0.868. The van der Waals surface area contributed by atoms with Gasteiger partial charge in [0, 0.05) is 0 Å². The first-order chi connectivity index (χ1) is 3.00. The number of rotatable bonds is 0. The van der Waals surface area contributed by atoms with Crippen molar-refractivity contribution >= 4 is 31.2 Å². The van der Waals surface area contributed by atoms with Crippen molar-refractivity contribution in [3.8, 4) is 0 Å². The molecule has 0 aliphatic carbocycles. The van der Waals surface area contributed by atoms with Crippen molar-refractivity contribution in [1.82, 2.24) is 5.32 Å². The fraction of sp³-hybridized carbons (Fsp3) is 0.333. The molecule has 3 heteroatoms. The van der Waals surface area contributed by atoms with Gasteiger partial charge in [-0.05, 0) is 0 Å². The summed E-state index contributed by atoms with van der Waals surface area (Å²) in [6, 6.07) is 0. The lowest BCUT2D eigenvalue weighted by atomic mass is 11.1. The average molecular weight is 196 g/mol. The van der Waals surface area contributed by atoms with Crippen LogP contribution in [-0.4, -0.2) is 15.0 Å². The van der Waals surface area contributed by atoms with Gasteiger partial charge in [0.2, 0.25) is 0 Å². The molecule has 0 saturated heterocycles. The Bertz CT molecular complexity index is 74.8. The summed E-state index contributed by atoms with van der Waals surface area (Å²) in [7, 11) is 0. The van der Waals surface area contributed by atoms with Gasteiger partial charge in [-0.2, -0.15) is 0 Å². The summed E-state index contributed by atoms with van der Waals surface area (Å²) < 4.78 is 3.16. The Kier molecular flexibility index (Phi) is 1.61. The molecule has 1 heterocycles. The second-order valence-corrected chi connectivity index (χ2v) is 3.07. The van der Waals surface area contributed by atoms with Gasteiger partial charge in [0.25, 0.3) is 0 Å². The first-order valence-electron chi connectivity index (χ1n) is 1.64. The molecule has 0 aromatic heterocycles. The lowest BCUT2D eigenvalue weighted by Gasteiger charge is -1.92. The summed E-state index contributed by atoms with van der Waals surface area (Å²) in [5.41, 5.74) is 0. The van der Waals surface area contributed by atoms with E-state index in [4.69, 9.17) is 0 Å². The Morgan fingerprint density at radius 2 is 2.83 bits per heavy atom. The fourth-order valence-corrected chi connectivity index (χ4v) is 1.27. The van der Waals surface area contributed by atoms with Gasteiger partial charge in [-0.25, -0.2) is 4.99 Å². The van der Waals surface area contributed by atoms with Crippen molar-refractivity contribution < 1.29 is 0 Å². The lowest BCUT2D eigenvalue weighted by molar-refractivity contribution is 1.19. The number of halogens is 1. The molecule has 1 N–H and O–H groups in total. The van der Waals surface area contributed by atoms with Crippen molar-refractivity contribution in [2.24, 2.45) is 4.99 Å². The number of hydrogen-bond donors (Lipinski definition) is 1. The summed E-state index contributed by atoms with van der Waals surface area (Å²) >= 11 is 0.281. The van der Waals surface area contributed by atoms with E-state index in [1.165, 1.54) is 0 Å². The zero-order valence-electron chi connectivity index (χ0n) is 3.19. The third-order valence-electron chi connectivity index (χ3n) is 0.445. The minimum absolute atomic E-state index is 0.281. The maximum Gasteiger partial charge on any atom is 0.0890 e. The average Bonchev–Trinajstić information content (AvgIpc) is 1.72. The maximum atomic E-state index is 3.86. The van der Waals surface area contributed by atoms with Gasteiger partial charge in [0.15, 0.2) is 0 Å². The molecule has 6 heavy (non-hydrogen) atoms. The fourth-order valence-electron chi connectivity index (χ4n) is 0.234. The van der Waals surface area contributed by atoms with Crippen LogP contribution in [0.15, 0.2) is 4.99 Å². The molecule has 0 unspecified atom stereocenters. The zero-order chi connectivity index (χ0) is 4.24. The Morgan fingerprint density at radius 3 is 3.00 bits per heavy atom. The summed E-state index contributed by atoms with van der Waals surface area (Å²) in [5.74, 6) is 0. The minimum atomic E-state index is 0.281. The van der Waals surface area contributed by atoms with Crippen LogP contribution in [0.3, 0.4) is 0 Å². The molecule has 1 aliphatic rings. The van der Waals surface area contributed by atoms with E-state index in [9.17, 15) is 0 Å². The Morgan fingerprint density at radius 1 is 1.83 bits per heavy atom. The van der Waals surface area contributed by atoms with Gasteiger partial charge < -0.3 is 5.32 Å². The highest BCUT2D eigenvalue weighted by Crippen LogP contribution is 1.90.